The maximum absolute atomic E-state index is 12.7. The van der Waals surface area contributed by atoms with Gasteiger partial charge >= 0.3 is 0 Å². The minimum Gasteiger partial charge on any atom is -0.493 e. The van der Waals surface area contributed by atoms with E-state index in [0.717, 1.165) is 5.56 Å². The molecule has 1 N–H and O–H groups in total. The Balaban J connectivity index is 1.57. The number of hydrogen-bond donors (Lipinski definition) is 1. The normalized spacial score (nSPS) is 15.7. The monoisotopic (exact) mass is 418 g/mol. The number of sulfonamides is 1. The topological polar surface area (TPSA) is 84.9 Å². The summed E-state index contributed by atoms with van der Waals surface area (Å²) in [6.45, 7) is 0.983. The number of hydrogen-bond acceptors (Lipinski definition) is 5. The Morgan fingerprint density at radius 2 is 1.72 bits per heavy atom. The van der Waals surface area contributed by atoms with E-state index >= 15 is 0 Å². The Morgan fingerprint density at radius 1 is 1.03 bits per heavy atom. The third-order valence-electron chi connectivity index (χ3n) is 5.14. The summed E-state index contributed by atoms with van der Waals surface area (Å²) in [4.78, 5) is 12.9. The lowest BCUT2D eigenvalue weighted by molar-refractivity contribution is -0.126. The van der Waals surface area contributed by atoms with Crippen LogP contribution in [-0.2, 0) is 21.4 Å². The minimum atomic E-state index is -3.51. The van der Waals surface area contributed by atoms with Crippen molar-refractivity contribution in [3.05, 3.63) is 54.1 Å². The van der Waals surface area contributed by atoms with Crippen LogP contribution in [0.1, 0.15) is 18.4 Å². The van der Waals surface area contributed by atoms with Crippen molar-refractivity contribution in [3.63, 3.8) is 0 Å². The highest BCUT2D eigenvalue weighted by Gasteiger charge is 2.32. The van der Waals surface area contributed by atoms with Crippen LogP contribution in [0.4, 0.5) is 0 Å². The minimum absolute atomic E-state index is 0.0772. The lowest BCUT2D eigenvalue weighted by atomic mass is 9.97. The molecule has 3 rings (SSSR count). The smallest absolute Gasteiger partial charge is 0.243 e. The molecule has 1 saturated heterocycles. The zero-order valence-corrected chi connectivity index (χ0v) is 17.4. The van der Waals surface area contributed by atoms with E-state index in [1.54, 1.807) is 50.6 Å². The van der Waals surface area contributed by atoms with E-state index in [2.05, 4.69) is 5.32 Å². The number of nitrogens with one attached hydrogen (secondary N) is 1. The van der Waals surface area contributed by atoms with Crippen LogP contribution in [-0.4, -0.2) is 45.9 Å². The van der Waals surface area contributed by atoms with E-state index in [9.17, 15) is 13.2 Å². The molecule has 0 aliphatic carbocycles. The summed E-state index contributed by atoms with van der Waals surface area (Å²) in [6.07, 6.45) is 0.986. The van der Waals surface area contributed by atoms with Gasteiger partial charge in [-0.25, -0.2) is 8.42 Å². The summed E-state index contributed by atoms with van der Waals surface area (Å²) < 4.78 is 37.5. The second kappa shape index (κ2) is 9.28. The Bertz CT molecular complexity index is 939. The van der Waals surface area contributed by atoms with Gasteiger partial charge in [0.25, 0.3) is 0 Å². The van der Waals surface area contributed by atoms with Gasteiger partial charge in [0, 0.05) is 31.1 Å². The van der Waals surface area contributed by atoms with Crippen LogP contribution in [0.3, 0.4) is 0 Å². The van der Waals surface area contributed by atoms with E-state index in [4.69, 9.17) is 9.47 Å². The first-order chi connectivity index (χ1) is 14.0. The fraction of sp³-hybridized carbons (Fsp3) is 0.381. The van der Waals surface area contributed by atoms with Gasteiger partial charge in [0.1, 0.15) is 0 Å². The van der Waals surface area contributed by atoms with E-state index in [0.29, 0.717) is 44.0 Å². The molecule has 0 spiro atoms. The molecule has 0 atom stereocenters. The van der Waals surface area contributed by atoms with E-state index in [1.165, 1.54) is 4.31 Å². The summed E-state index contributed by atoms with van der Waals surface area (Å²) >= 11 is 0. The van der Waals surface area contributed by atoms with Crippen LogP contribution in [0, 0.1) is 5.92 Å². The zero-order valence-electron chi connectivity index (χ0n) is 16.6. The van der Waals surface area contributed by atoms with Crippen LogP contribution in [0.25, 0.3) is 0 Å². The predicted octanol–water partition coefficient (Wildman–Crippen LogP) is 2.42. The number of para-hydroxylation sites is 1. The average Bonchev–Trinajstić information content (AvgIpc) is 2.77. The van der Waals surface area contributed by atoms with Crippen LogP contribution >= 0.6 is 0 Å². The number of amides is 1. The highest BCUT2D eigenvalue weighted by atomic mass is 32.2. The molecule has 2 aromatic carbocycles. The second-order valence-corrected chi connectivity index (χ2v) is 8.80. The van der Waals surface area contributed by atoms with Gasteiger partial charge in [-0.1, -0.05) is 30.3 Å². The van der Waals surface area contributed by atoms with Crippen molar-refractivity contribution in [2.75, 3.05) is 27.3 Å². The van der Waals surface area contributed by atoms with E-state index < -0.39 is 10.0 Å². The van der Waals surface area contributed by atoms with Crippen LogP contribution < -0.4 is 14.8 Å². The summed E-state index contributed by atoms with van der Waals surface area (Å²) in [6, 6.07) is 13.9. The highest BCUT2D eigenvalue weighted by Crippen LogP contribution is 2.31. The molecule has 8 heteroatoms. The molecule has 156 valence electrons. The molecule has 7 nitrogen and oxygen atoms in total. The number of nitrogens with zero attached hydrogens (tertiary/aromatic N) is 1. The first-order valence-corrected chi connectivity index (χ1v) is 10.9. The number of carbonyl (C=O) groups is 1. The van der Waals surface area contributed by atoms with Gasteiger partial charge < -0.3 is 14.8 Å². The van der Waals surface area contributed by atoms with Crippen molar-refractivity contribution in [3.8, 4) is 11.5 Å². The summed E-state index contributed by atoms with van der Waals surface area (Å²) in [5.41, 5.74) is 0.823. The van der Waals surface area contributed by atoms with Gasteiger partial charge in [-0.15, -0.1) is 0 Å². The Kier molecular flexibility index (Phi) is 6.76. The van der Waals surface area contributed by atoms with Gasteiger partial charge in [0.05, 0.1) is 19.1 Å². The zero-order chi connectivity index (χ0) is 20.9. The van der Waals surface area contributed by atoms with Crippen LogP contribution in [0.15, 0.2) is 53.4 Å². The van der Waals surface area contributed by atoms with Crippen LogP contribution in [0.2, 0.25) is 0 Å². The molecule has 1 fully saturated rings. The number of rotatable bonds is 7. The molecular formula is C21H26N2O5S. The third-order valence-corrected chi connectivity index (χ3v) is 7.06. The van der Waals surface area contributed by atoms with Gasteiger partial charge in [0.15, 0.2) is 11.5 Å². The lowest BCUT2D eigenvalue weighted by Gasteiger charge is -2.30. The number of piperidine rings is 1. The molecule has 2 aromatic rings. The fourth-order valence-corrected chi connectivity index (χ4v) is 5.01. The molecule has 0 unspecified atom stereocenters. The first-order valence-electron chi connectivity index (χ1n) is 9.50. The highest BCUT2D eigenvalue weighted by molar-refractivity contribution is 7.89. The summed E-state index contributed by atoms with van der Waals surface area (Å²) in [5.74, 6) is 0.915. The number of methoxy groups -OCH3 is 2. The number of carbonyl (C=O) groups excluding carboxylic acids is 1. The van der Waals surface area contributed by atoms with Gasteiger partial charge in [-0.2, -0.15) is 4.31 Å². The maximum atomic E-state index is 12.7. The lowest BCUT2D eigenvalue weighted by Crippen LogP contribution is -2.42. The van der Waals surface area contributed by atoms with E-state index in [-0.39, 0.29) is 16.7 Å². The van der Waals surface area contributed by atoms with E-state index in [1.807, 2.05) is 12.1 Å². The largest absolute Gasteiger partial charge is 0.493 e. The maximum Gasteiger partial charge on any atom is 0.243 e. The molecule has 1 aliphatic heterocycles. The van der Waals surface area contributed by atoms with Crippen molar-refractivity contribution in [1.82, 2.24) is 9.62 Å². The third kappa shape index (κ3) is 4.71. The van der Waals surface area contributed by atoms with Gasteiger partial charge in [-0.3, -0.25) is 4.79 Å². The Morgan fingerprint density at radius 3 is 2.34 bits per heavy atom. The molecule has 29 heavy (non-hydrogen) atoms. The quantitative estimate of drug-likeness (QED) is 0.747. The molecule has 0 bridgehead atoms. The standard InChI is InChI=1S/C21H26N2O5S/c1-27-19-10-6-7-17(20(19)28-2)15-22-21(24)16-11-13-23(14-12-16)29(25,26)18-8-4-3-5-9-18/h3-10,16H,11-15H2,1-2H3,(H,22,24). The molecule has 1 amide bonds. The molecule has 0 aromatic heterocycles. The Labute approximate surface area is 171 Å². The van der Waals surface area contributed by atoms with Gasteiger partial charge in [0.2, 0.25) is 15.9 Å². The predicted molar refractivity (Wildman–Crippen MR) is 109 cm³/mol. The van der Waals surface area contributed by atoms with Crippen LogP contribution in [0.5, 0.6) is 11.5 Å². The van der Waals surface area contributed by atoms with Crippen molar-refractivity contribution < 1.29 is 22.7 Å². The van der Waals surface area contributed by atoms with Crippen molar-refractivity contribution in [2.45, 2.75) is 24.3 Å². The number of ether oxygens (including phenoxy) is 2. The fourth-order valence-electron chi connectivity index (χ4n) is 3.52. The molecule has 0 radical (unpaired) electrons. The SMILES string of the molecule is COc1cccc(CNC(=O)C2CCN(S(=O)(=O)c3ccccc3)CC2)c1OC. The van der Waals surface area contributed by atoms with Gasteiger partial charge in [-0.05, 0) is 31.0 Å². The first kappa shape index (κ1) is 21.1. The molecule has 1 aliphatic rings. The number of benzene rings is 2. The van der Waals surface area contributed by atoms with Crippen molar-refractivity contribution in [1.29, 1.82) is 0 Å². The van der Waals surface area contributed by atoms with Crippen molar-refractivity contribution >= 4 is 15.9 Å². The molecule has 0 saturated carbocycles. The molecular weight excluding hydrogens is 392 g/mol. The van der Waals surface area contributed by atoms with Crippen molar-refractivity contribution in [2.24, 2.45) is 5.92 Å². The molecule has 1 heterocycles. The Hall–Kier alpha value is -2.58. The average molecular weight is 419 g/mol. The summed E-state index contributed by atoms with van der Waals surface area (Å²) in [5, 5.41) is 2.94. The summed E-state index contributed by atoms with van der Waals surface area (Å²) in [7, 11) is -0.383. The second-order valence-electron chi connectivity index (χ2n) is 6.86.